The highest BCUT2D eigenvalue weighted by molar-refractivity contribution is 7.99. The van der Waals surface area contributed by atoms with Gasteiger partial charge in [0.1, 0.15) is 0 Å². The Labute approximate surface area is 191 Å². The van der Waals surface area contributed by atoms with E-state index in [1.807, 2.05) is 37.2 Å². The molecule has 160 valence electrons. The normalized spacial score (nSPS) is 13.6. The largest absolute Gasteiger partial charge is 0.334 e. The van der Waals surface area contributed by atoms with Crippen molar-refractivity contribution < 1.29 is 9.59 Å². The fourth-order valence-corrected chi connectivity index (χ4v) is 4.48. The number of carbonyl (C=O) groups excluding carboxylic acids is 2. The molecule has 0 saturated heterocycles. The van der Waals surface area contributed by atoms with Gasteiger partial charge in [0.15, 0.2) is 0 Å². The maximum Gasteiger partial charge on any atom is 0.254 e. The molecule has 1 heterocycles. The van der Waals surface area contributed by atoms with Crippen molar-refractivity contribution in [2.75, 3.05) is 38.3 Å². The van der Waals surface area contributed by atoms with E-state index >= 15 is 0 Å². The molecule has 2 aromatic rings. The average molecular weight is 466 g/mol. The summed E-state index contributed by atoms with van der Waals surface area (Å²) in [6, 6.07) is 11.0. The summed E-state index contributed by atoms with van der Waals surface area (Å²) in [5.74, 6) is 0.635. The average Bonchev–Trinajstić information content (AvgIpc) is 2.89. The number of thioether (sulfide) groups is 1. The van der Waals surface area contributed by atoms with Crippen molar-refractivity contribution in [1.29, 1.82) is 0 Å². The molecule has 3 rings (SSSR count). The number of benzene rings is 2. The number of carbonyl (C=O) groups is 2. The van der Waals surface area contributed by atoms with Crippen molar-refractivity contribution in [3.05, 3.63) is 57.6 Å². The van der Waals surface area contributed by atoms with Crippen molar-refractivity contribution >= 4 is 52.5 Å². The van der Waals surface area contributed by atoms with Gasteiger partial charge in [-0.3, -0.25) is 9.59 Å². The van der Waals surface area contributed by atoms with Crippen LogP contribution >= 0.6 is 35.0 Å². The van der Waals surface area contributed by atoms with E-state index in [9.17, 15) is 9.59 Å². The second-order valence-electron chi connectivity index (χ2n) is 7.49. The van der Waals surface area contributed by atoms with E-state index < -0.39 is 0 Å². The maximum absolute atomic E-state index is 13.4. The zero-order chi connectivity index (χ0) is 21.7. The smallest absolute Gasteiger partial charge is 0.254 e. The molecule has 0 fully saturated rings. The molecule has 0 aromatic heterocycles. The maximum atomic E-state index is 13.4. The van der Waals surface area contributed by atoms with Gasteiger partial charge in [0.25, 0.3) is 5.91 Å². The molecule has 0 atom stereocenters. The Kier molecular flexibility index (Phi) is 8.06. The van der Waals surface area contributed by atoms with Gasteiger partial charge < -0.3 is 15.1 Å². The van der Waals surface area contributed by atoms with Gasteiger partial charge in [-0.15, -0.1) is 11.8 Å². The first-order valence-corrected chi connectivity index (χ1v) is 11.5. The van der Waals surface area contributed by atoms with Crippen LogP contribution in [0, 0.1) is 0 Å². The molecule has 0 spiro atoms. The molecule has 1 N–H and O–H groups in total. The topological polar surface area (TPSA) is 52.6 Å². The highest BCUT2D eigenvalue weighted by Crippen LogP contribution is 2.32. The summed E-state index contributed by atoms with van der Waals surface area (Å²) in [7, 11) is 4.02. The third-order valence-electron chi connectivity index (χ3n) is 4.77. The molecule has 0 aliphatic carbocycles. The zero-order valence-corrected chi connectivity index (χ0v) is 19.4. The molecule has 30 heavy (non-hydrogen) atoms. The van der Waals surface area contributed by atoms with Gasteiger partial charge in [0, 0.05) is 35.7 Å². The number of nitrogens with one attached hydrogen (secondary N) is 1. The molecule has 0 bridgehead atoms. The van der Waals surface area contributed by atoms with Crippen molar-refractivity contribution in [2.45, 2.75) is 24.3 Å². The third-order valence-corrected chi connectivity index (χ3v) is 6.58. The summed E-state index contributed by atoms with van der Waals surface area (Å²) < 4.78 is 0. The van der Waals surface area contributed by atoms with Gasteiger partial charge in [-0.25, -0.2) is 0 Å². The van der Waals surface area contributed by atoms with Crippen molar-refractivity contribution in [1.82, 2.24) is 9.80 Å². The van der Waals surface area contributed by atoms with Gasteiger partial charge in [-0.2, -0.15) is 0 Å². The number of hydrogen-bond donors (Lipinski definition) is 1. The minimum absolute atomic E-state index is 0.0236. The molecular formula is C22H25Cl2N3O2S. The summed E-state index contributed by atoms with van der Waals surface area (Å²) in [5.41, 5.74) is 2.18. The lowest BCUT2D eigenvalue weighted by Crippen LogP contribution is -2.33. The van der Waals surface area contributed by atoms with Crippen LogP contribution in [0.25, 0.3) is 0 Å². The molecule has 5 nitrogen and oxygen atoms in total. The lowest BCUT2D eigenvalue weighted by Gasteiger charge is -2.24. The lowest BCUT2D eigenvalue weighted by molar-refractivity contribution is -0.115. The number of nitrogens with zero attached hydrogens (tertiary/aromatic N) is 2. The van der Waals surface area contributed by atoms with E-state index in [0.29, 0.717) is 40.8 Å². The molecule has 0 saturated carbocycles. The Morgan fingerprint density at radius 2 is 1.90 bits per heavy atom. The van der Waals surface area contributed by atoms with E-state index in [2.05, 4.69) is 10.2 Å². The Morgan fingerprint density at radius 3 is 2.63 bits per heavy atom. The van der Waals surface area contributed by atoms with Gasteiger partial charge in [0.05, 0.1) is 15.7 Å². The highest BCUT2D eigenvalue weighted by atomic mass is 35.5. The number of fused-ring (bicyclic) bond motifs is 1. The van der Waals surface area contributed by atoms with E-state index in [0.717, 1.165) is 29.2 Å². The van der Waals surface area contributed by atoms with E-state index in [4.69, 9.17) is 23.2 Å². The summed E-state index contributed by atoms with van der Waals surface area (Å²) in [6.07, 6.45) is 1.31. The molecule has 8 heteroatoms. The zero-order valence-electron chi connectivity index (χ0n) is 17.1. The minimum atomic E-state index is -0.0777. The van der Waals surface area contributed by atoms with Crippen LogP contribution in [0.5, 0.6) is 0 Å². The number of hydrogen-bond acceptors (Lipinski definition) is 4. The number of halogens is 2. The van der Waals surface area contributed by atoms with Crippen molar-refractivity contribution in [3.63, 3.8) is 0 Å². The number of amides is 2. The Balaban J connectivity index is 1.83. The van der Waals surface area contributed by atoms with Gasteiger partial charge in [-0.05, 0) is 63.0 Å². The quantitative estimate of drug-likeness (QED) is 0.623. The first-order valence-electron chi connectivity index (χ1n) is 9.78. The first kappa shape index (κ1) is 22.9. The predicted octanol–water partition coefficient (Wildman–Crippen LogP) is 5.02. The lowest BCUT2D eigenvalue weighted by atomic mass is 10.1. The van der Waals surface area contributed by atoms with E-state index in [-0.39, 0.29) is 11.8 Å². The Hall–Kier alpha value is -1.73. The molecular weight excluding hydrogens is 441 g/mol. The van der Waals surface area contributed by atoms with Gasteiger partial charge in [-0.1, -0.05) is 29.3 Å². The second-order valence-corrected chi connectivity index (χ2v) is 9.44. The summed E-state index contributed by atoms with van der Waals surface area (Å²) in [5, 5.41) is 3.87. The SMILES string of the molecule is CN(C)CCCN(Cc1ccc(Cl)c(Cl)c1)C(=O)c1ccc2c(c1)NC(=O)CCS2. The second kappa shape index (κ2) is 10.5. The van der Waals surface area contributed by atoms with Crippen LogP contribution in [0.2, 0.25) is 10.0 Å². The van der Waals surface area contributed by atoms with Gasteiger partial charge in [0.2, 0.25) is 5.91 Å². The molecule has 2 aromatic carbocycles. The van der Waals surface area contributed by atoms with Crippen molar-refractivity contribution in [2.24, 2.45) is 0 Å². The van der Waals surface area contributed by atoms with Crippen LogP contribution in [0.4, 0.5) is 5.69 Å². The fraction of sp³-hybridized carbons (Fsp3) is 0.364. The highest BCUT2D eigenvalue weighted by Gasteiger charge is 2.20. The monoisotopic (exact) mass is 465 g/mol. The minimum Gasteiger partial charge on any atom is -0.334 e. The van der Waals surface area contributed by atoms with Crippen LogP contribution in [0.15, 0.2) is 41.3 Å². The van der Waals surface area contributed by atoms with Crippen LogP contribution in [0.1, 0.15) is 28.8 Å². The number of rotatable bonds is 7. The third kappa shape index (κ3) is 6.14. The Bertz CT molecular complexity index is 937. The van der Waals surface area contributed by atoms with Crippen LogP contribution in [-0.2, 0) is 11.3 Å². The summed E-state index contributed by atoms with van der Waals surface area (Å²) in [4.78, 5) is 30.2. The molecule has 1 aliphatic rings. The van der Waals surface area contributed by atoms with Gasteiger partial charge >= 0.3 is 0 Å². The summed E-state index contributed by atoms with van der Waals surface area (Å²) >= 11 is 13.8. The van der Waals surface area contributed by atoms with E-state index in [1.165, 1.54) is 0 Å². The molecule has 1 aliphatic heterocycles. The Morgan fingerprint density at radius 1 is 1.10 bits per heavy atom. The fourth-order valence-electron chi connectivity index (χ4n) is 3.22. The van der Waals surface area contributed by atoms with Crippen LogP contribution in [0.3, 0.4) is 0 Å². The molecule has 0 unspecified atom stereocenters. The number of anilines is 1. The van der Waals surface area contributed by atoms with Crippen molar-refractivity contribution in [3.8, 4) is 0 Å². The van der Waals surface area contributed by atoms with Crippen LogP contribution in [-0.4, -0.2) is 54.6 Å². The standard InChI is InChI=1S/C22H25Cl2N3O2S/c1-26(2)9-3-10-27(14-15-4-6-17(23)18(24)12-15)22(29)16-5-7-20-19(13-16)25-21(28)8-11-30-20/h4-7,12-13H,3,8-11,14H2,1-2H3,(H,25,28). The predicted molar refractivity (Wildman–Crippen MR) is 125 cm³/mol. The molecule has 0 radical (unpaired) electrons. The van der Waals surface area contributed by atoms with E-state index in [1.54, 1.807) is 30.0 Å². The van der Waals surface area contributed by atoms with Crippen LogP contribution < -0.4 is 5.32 Å². The molecule has 2 amide bonds. The summed E-state index contributed by atoms with van der Waals surface area (Å²) in [6.45, 7) is 1.92. The first-order chi connectivity index (χ1) is 14.3.